The number of hydrogen-bond acceptors (Lipinski definition) is 4. The number of ether oxygens (including phenoxy) is 1. The second-order valence-corrected chi connectivity index (χ2v) is 7.37. The maximum Gasteiger partial charge on any atom is 0.246 e. The summed E-state index contributed by atoms with van der Waals surface area (Å²) in [6, 6.07) is 13.9. The summed E-state index contributed by atoms with van der Waals surface area (Å²) in [5, 5.41) is 2.96. The molecule has 2 aromatic carbocycles. The Hall–Kier alpha value is -2.99. The number of aromatic nitrogens is 1. The molecular weight excluding hydrogens is 375 g/mol. The second-order valence-electron chi connectivity index (χ2n) is 6.30. The van der Waals surface area contributed by atoms with Crippen LogP contribution >= 0.6 is 11.3 Å². The number of likely N-dealkylation sites (N-methyl/N-ethyl adjacent to an activating group) is 1. The summed E-state index contributed by atoms with van der Waals surface area (Å²) < 4.78 is 19.6. The Bertz CT molecular complexity index is 984. The predicted molar refractivity (Wildman–Crippen MR) is 110 cm³/mol. The van der Waals surface area contributed by atoms with Crippen LogP contribution in [0.15, 0.2) is 60.0 Å². The van der Waals surface area contributed by atoms with E-state index in [1.807, 2.05) is 36.6 Å². The molecule has 0 saturated heterocycles. The molecule has 3 rings (SSSR count). The monoisotopic (exact) mass is 396 g/mol. The molecule has 1 aromatic heterocycles. The van der Waals surface area contributed by atoms with Gasteiger partial charge in [-0.05, 0) is 25.1 Å². The van der Waals surface area contributed by atoms with Crippen LogP contribution in [0.1, 0.15) is 21.8 Å². The first-order chi connectivity index (χ1) is 13.5. The van der Waals surface area contributed by atoms with E-state index >= 15 is 0 Å². The number of hydrogen-bond donors (Lipinski definition) is 0. The molecule has 0 spiro atoms. The highest BCUT2D eigenvalue weighted by molar-refractivity contribution is 7.09. The number of rotatable bonds is 7. The molecule has 0 aliphatic rings. The van der Waals surface area contributed by atoms with Crippen LogP contribution in [0.25, 0.3) is 6.08 Å². The van der Waals surface area contributed by atoms with E-state index in [1.54, 1.807) is 42.7 Å². The van der Waals surface area contributed by atoms with Crippen LogP contribution in [0.5, 0.6) is 5.75 Å². The molecule has 3 aromatic rings. The molecule has 0 N–H and O–H groups in total. The van der Waals surface area contributed by atoms with E-state index < -0.39 is 0 Å². The highest BCUT2D eigenvalue weighted by Crippen LogP contribution is 2.21. The summed E-state index contributed by atoms with van der Waals surface area (Å²) in [5.41, 5.74) is 2.15. The van der Waals surface area contributed by atoms with Crippen LogP contribution in [-0.4, -0.2) is 22.8 Å². The molecule has 0 aliphatic carbocycles. The van der Waals surface area contributed by atoms with Gasteiger partial charge in [-0.25, -0.2) is 9.37 Å². The van der Waals surface area contributed by atoms with Gasteiger partial charge in [0.1, 0.15) is 18.2 Å². The number of thiazole rings is 1. The lowest BCUT2D eigenvalue weighted by Crippen LogP contribution is -2.24. The fourth-order valence-electron chi connectivity index (χ4n) is 2.62. The maximum atomic E-state index is 13.8. The van der Waals surface area contributed by atoms with Gasteiger partial charge in [-0.1, -0.05) is 36.4 Å². The predicted octanol–water partition coefficient (Wildman–Crippen LogP) is 4.84. The first-order valence-electron chi connectivity index (χ1n) is 8.82. The molecule has 4 nitrogen and oxygen atoms in total. The van der Waals surface area contributed by atoms with Crippen LogP contribution < -0.4 is 4.74 Å². The van der Waals surface area contributed by atoms with E-state index in [0.717, 1.165) is 16.3 Å². The smallest absolute Gasteiger partial charge is 0.246 e. The highest BCUT2D eigenvalue weighted by atomic mass is 32.1. The molecule has 6 heteroatoms. The molecular formula is C22H21FN2O2S. The summed E-state index contributed by atoms with van der Waals surface area (Å²) in [6.07, 6.45) is 3.18. The Kier molecular flexibility index (Phi) is 6.55. The van der Waals surface area contributed by atoms with Crippen molar-refractivity contribution in [1.29, 1.82) is 0 Å². The molecule has 1 amide bonds. The van der Waals surface area contributed by atoms with Gasteiger partial charge in [0.25, 0.3) is 0 Å². The Morgan fingerprint density at radius 2 is 1.96 bits per heavy atom. The van der Waals surface area contributed by atoms with Crippen molar-refractivity contribution in [1.82, 2.24) is 9.88 Å². The minimum Gasteiger partial charge on any atom is -0.487 e. The van der Waals surface area contributed by atoms with Crippen molar-refractivity contribution in [2.75, 3.05) is 7.05 Å². The number of carbonyl (C=O) groups excluding carboxylic acids is 1. The molecule has 28 heavy (non-hydrogen) atoms. The molecule has 0 bridgehead atoms. The number of carbonyl (C=O) groups is 1. The van der Waals surface area contributed by atoms with Crippen molar-refractivity contribution in [3.05, 3.63) is 87.6 Å². The van der Waals surface area contributed by atoms with Crippen LogP contribution in [0.4, 0.5) is 4.39 Å². The molecule has 0 aliphatic heterocycles. The fraction of sp³-hybridized carbons (Fsp3) is 0.182. The second kappa shape index (κ2) is 9.28. The third-order valence-electron chi connectivity index (χ3n) is 4.11. The van der Waals surface area contributed by atoms with E-state index in [-0.39, 0.29) is 18.3 Å². The highest BCUT2D eigenvalue weighted by Gasteiger charge is 2.09. The van der Waals surface area contributed by atoms with Crippen molar-refractivity contribution >= 4 is 23.3 Å². The number of aryl methyl sites for hydroxylation is 1. The number of benzene rings is 2. The average Bonchev–Trinajstić information content (AvgIpc) is 3.12. The Morgan fingerprint density at radius 1 is 1.21 bits per heavy atom. The Labute approximate surface area is 167 Å². The van der Waals surface area contributed by atoms with Crippen molar-refractivity contribution in [2.24, 2.45) is 0 Å². The normalized spacial score (nSPS) is 11.0. The topological polar surface area (TPSA) is 42.4 Å². The van der Waals surface area contributed by atoms with Gasteiger partial charge in [-0.2, -0.15) is 0 Å². The first-order valence-corrected chi connectivity index (χ1v) is 9.70. The Morgan fingerprint density at radius 3 is 2.71 bits per heavy atom. The number of para-hydroxylation sites is 1. The van der Waals surface area contributed by atoms with Gasteiger partial charge in [0.15, 0.2) is 0 Å². The third-order valence-corrected chi connectivity index (χ3v) is 4.93. The number of amides is 1. The fourth-order valence-corrected chi connectivity index (χ4v) is 3.22. The standard InChI is InChI=1S/C22H21FN2O2S/c1-16-24-19(15-28-16)14-27-21-10-6-4-7-17(21)11-12-22(26)25(2)13-18-8-3-5-9-20(18)23/h3-12,15H,13-14H2,1-2H3/b12-11+. The lowest BCUT2D eigenvalue weighted by atomic mass is 10.1. The first kappa shape index (κ1) is 19.8. The number of halogens is 1. The zero-order valence-corrected chi connectivity index (χ0v) is 16.6. The third kappa shape index (κ3) is 5.27. The van der Waals surface area contributed by atoms with E-state index in [2.05, 4.69) is 4.98 Å². The van der Waals surface area contributed by atoms with E-state index in [0.29, 0.717) is 17.9 Å². The van der Waals surface area contributed by atoms with Crippen molar-refractivity contribution < 1.29 is 13.9 Å². The lowest BCUT2D eigenvalue weighted by Gasteiger charge is -2.15. The van der Waals surface area contributed by atoms with Crippen molar-refractivity contribution in [3.63, 3.8) is 0 Å². The lowest BCUT2D eigenvalue weighted by molar-refractivity contribution is -0.125. The van der Waals surface area contributed by atoms with Crippen LogP contribution in [0.2, 0.25) is 0 Å². The van der Waals surface area contributed by atoms with Gasteiger partial charge in [0.05, 0.1) is 10.7 Å². The molecule has 0 fully saturated rings. The summed E-state index contributed by atoms with van der Waals surface area (Å²) in [5.74, 6) is 0.143. The summed E-state index contributed by atoms with van der Waals surface area (Å²) >= 11 is 1.58. The van der Waals surface area contributed by atoms with Gasteiger partial charge < -0.3 is 9.64 Å². The van der Waals surface area contributed by atoms with Crippen LogP contribution in [0, 0.1) is 12.7 Å². The van der Waals surface area contributed by atoms with Gasteiger partial charge in [0.2, 0.25) is 5.91 Å². The minimum atomic E-state index is -0.317. The molecule has 1 heterocycles. The van der Waals surface area contributed by atoms with Crippen LogP contribution in [0.3, 0.4) is 0 Å². The molecule has 0 saturated carbocycles. The summed E-state index contributed by atoms with van der Waals surface area (Å²) in [6.45, 7) is 2.53. The largest absolute Gasteiger partial charge is 0.487 e. The molecule has 0 radical (unpaired) electrons. The van der Waals surface area contributed by atoms with Crippen molar-refractivity contribution in [3.8, 4) is 5.75 Å². The van der Waals surface area contributed by atoms with E-state index in [9.17, 15) is 9.18 Å². The SMILES string of the molecule is Cc1nc(COc2ccccc2/C=C/C(=O)N(C)Cc2ccccc2F)cs1. The zero-order valence-electron chi connectivity index (χ0n) is 15.8. The summed E-state index contributed by atoms with van der Waals surface area (Å²) in [4.78, 5) is 18.2. The molecule has 144 valence electrons. The van der Waals surface area contributed by atoms with Gasteiger partial charge in [0, 0.05) is 36.2 Å². The van der Waals surface area contributed by atoms with E-state index in [4.69, 9.17) is 4.74 Å². The summed E-state index contributed by atoms with van der Waals surface area (Å²) in [7, 11) is 1.64. The number of nitrogens with zero attached hydrogens (tertiary/aromatic N) is 2. The quantitative estimate of drug-likeness (QED) is 0.537. The molecule has 0 unspecified atom stereocenters. The van der Waals surface area contributed by atoms with Crippen molar-refractivity contribution in [2.45, 2.75) is 20.1 Å². The molecule has 0 atom stereocenters. The van der Waals surface area contributed by atoms with Gasteiger partial charge in [-0.3, -0.25) is 4.79 Å². The minimum absolute atomic E-state index is 0.206. The average molecular weight is 396 g/mol. The van der Waals surface area contributed by atoms with E-state index in [1.165, 1.54) is 17.0 Å². The van der Waals surface area contributed by atoms with Gasteiger partial charge >= 0.3 is 0 Å². The van der Waals surface area contributed by atoms with Gasteiger partial charge in [-0.15, -0.1) is 11.3 Å². The Balaban J connectivity index is 1.64. The zero-order chi connectivity index (χ0) is 19.9. The van der Waals surface area contributed by atoms with Crippen LogP contribution in [-0.2, 0) is 17.9 Å². The maximum absolute atomic E-state index is 13.8.